The van der Waals surface area contributed by atoms with Crippen LogP contribution < -0.4 is 15.0 Å². The lowest BCUT2D eigenvalue weighted by atomic mass is 9.88. The van der Waals surface area contributed by atoms with Gasteiger partial charge in [-0.05, 0) is 60.1 Å². The number of hydrogen-bond donors (Lipinski definition) is 2. The molecule has 1 saturated carbocycles. The molecule has 2 unspecified atom stereocenters. The molecule has 8 heteroatoms. The van der Waals surface area contributed by atoms with Gasteiger partial charge >= 0.3 is 6.03 Å². The molecule has 3 heterocycles. The number of imidazole rings is 1. The normalized spacial score (nSPS) is 24.8. The molecule has 5 rings (SSSR count). The molecule has 2 amide bonds. The Morgan fingerprint density at radius 2 is 1.89 bits per heavy atom. The van der Waals surface area contributed by atoms with E-state index in [4.69, 9.17) is 4.74 Å². The van der Waals surface area contributed by atoms with Crippen molar-refractivity contribution in [2.45, 2.75) is 57.9 Å². The van der Waals surface area contributed by atoms with Crippen molar-refractivity contribution in [3.63, 3.8) is 0 Å². The third-order valence-electron chi connectivity index (χ3n) is 7.97. The van der Waals surface area contributed by atoms with Crippen LogP contribution in [0.2, 0.25) is 0 Å². The summed E-state index contributed by atoms with van der Waals surface area (Å²) < 4.78 is 8.19. The number of rotatable bonds is 8. The fraction of sp³-hybridized carbons (Fsp3) is 0.467. The summed E-state index contributed by atoms with van der Waals surface area (Å²) in [6.45, 7) is 9.32. The molecule has 3 atom stereocenters. The van der Waals surface area contributed by atoms with Crippen molar-refractivity contribution in [1.29, 1.82) is 0 Å². The van der Waals surface area contributed by atoms with Gasteiger partial charge in [-0.1, -0.05) is 44.2 Å². The van der Waals surface area contributed by atoms with Crippen LogP contribution >= 0.6 is 0 Å². The minimum atomic E-state index is -0.794. The standard InChI is InChI=1S/C30H39N5O3/c1-4-23-19-34(18-22-9-12-25(13-10-22)38-26-8-6-5-7-21(26)2)20-24(23)11-14-27-31-17-29(33(27)3)35-16-15-28(36)32-30(35)37/h4,9-14,17,21,26,28,36H,1,5-8,15-16,18-20H2,2-3H3,(H,32,37)/b14-11+/t21-,26?,28?/m1/s1. The van der Waals surface area contributed by atoms with Gasteiger partial charge in [0.05, 0.1) is 6.20 Å². The number of amides is 2. The Morgan fingerprint density at radius 1 is 1.13 bits per heavy atom. The Bertz CT molecular complexity index is 1210. The number of anilines is 1. The number of carbonyl (C=O) groups is 1. The van der Waals surface area contributed by atoms with Gasteiger partial charge in [0.2, 0.25) is 0 Å². The van der Waals surface area contributed by atoms with Crippen LogP contribution in [0, 0.1) is 5.92 Å². The van der Waals surface area contributed by atoms with Gasteiger partial charge in [0.15, 0.2) is 0 Å². The maximum Gasteiger partial charge on any atom is 0.325 e. The van der Waals surface area contributed by atoms with Crippen molar-refractivity contribution in [2.75, 3.05) is 24.5 Å². The zero-order valence-corrected chi connectivity index (χ0v) is 22.5. The van der Waals surface area contributed by atoms with Crippen molar-refractivity contribution in [3.8, 4) is 5.75 Å². The summed E-state index contributed by atoms with van der Waals surface area (Å²) >= 11 is 0. The van der Waals surface area contributed by atoms with Gasteiger partial charge in [-0.3, -0.25) is 9.80 Å². The van der Waals surface area contributed by atoms with Gasteiger partial charge in [0, 0.05) is 39.6 Å². The average Bonchev–Trinajstić information content (AvgIpc) is 3.47. The first-order valence-electron chi connectivity index (χ1n) is 13.7. The molecular weight excluding hydrogens is 478 g/mol. The summed E-state index contributed by atoms with van der Waals surface area (Å²) in [5.41, 5.74) is 3.70. The first-order valence-corrected chi connectivity index (χ1v) is 13.7. The number of aliphatic hydroxyl groups excluding tert-OH is 1. The van der Waals surface area contributed by atoms with E-state index in [1.807, 2.05) is 23.8 Å². The fourth-order valence-corrected chi connectivity index (χ4v) is 5.63. The Kier molecular flexibility index (Phi) is 8.00. The molecule has 2 aliphatic heterocycles. The Labute approximate surface area is 225 Å². The highest BCUT2D eigenvalue weighted by Crippen LogP contribution is 2.29. The lowest BCUT2D eigenvalue weighted by molar-refractivity contribution is 0.102. The Hall–Kier alpha value is -3.36. The van der Waals surface area contributed by atoms with Gasteiger partial charge in [0.1, 0.15) is 29.7 Å². The highest BCUT2D eigenvalue weighted by Gasteiger charge is 2.27. The molecule has 0 spiro atoms. The van der Waals surface area contributed by atoms with Crippen LogP contribution in [0.1, 0.15) is 50.4 Å². The zero-order valence-electron chi connectivity index (χ0n) is 22.5. The van der Waals surface area contributed by atoms with Crippen LogP contribution in [0.4, 0.5) is 10.6 Å². The van der Waals surface area contributed by atoms with E-state index in [9.17, 15) is 9.90 Å². The number of ether oxygens (including phenoxy) is 1. The molecule has 2 N–H and O–H groups in total. The minimum Gasteiger partial charge on any atom is -0.490 e. The fourth-order valence-electron chi connectivity index (χ4n) is 5.63. The number of hydrogen-bond acceptors (Lipinski definition) is 5. The third kappa shape index (κ3) is 5.87. The van der Waals surface area contributed by atoms with Crippen molar-refractivity contribution in [1.82, 2.24) is 19.8 Å². The molecule has 1 aliphatic carbocycles. The minimum absolute atomic E-state index is 0.312. The van der Waals surface area contributed by atoms with Crippen molar-refractivity contribution < 1.29 is 14.6 Å². The number of urea groups is 1. The molecule has 202 valence electrons. The predicted octanol–water partition coefficient (Wildman–Crippen LogP) is 4.63. The molecule has 0 bridgehead atoms. The van der Waals surface area contributed by atoms with Gasteiger partial charge in [0.25, 0.3) is 0 Å². The summed E-state index contributed by atoms with van der Waals surface area (Å²) in [6.07, 6.45) is 12.7. The van der Waals surface area contributed by atoms with Gasteiger partial charge in [-0.2, -0.15) is 0 Å². The van der Waals surface area contributed by atoms with E-state index in [-0.39, 0.29) is 6.03 Å². The molecule has 3 aliphatic rings. The number of carbonyl (C=O) groups excluding carboxylic acids is 1. The summed E-state index contributed by atoms with van der Waals surface area (Å²) in [5.74, 6) is 3.05. The molecule has 1 aromatic carbocycles. The molecule has 38 heavy (non-hydrogen) atoms. The van der Waals surface area contributed by atoms with Crippen LogP contribution in [0.25, 0.3) is 6.08 Å². The maximum atomic E-state index is 12.3. The molecule has 2 fully saturated rings. The monoisotopic (exact) mass is 517 g/mol. The second-order valence-corrected chi connectivity index (χ2v) is 10.7. The lowest BCUT2D eigenvalue weighted by Crippen LogP contribution is -2.52. The molecule has 1 saturated heterocycles. The van der Waals surface area contributed by atoms with E-state index in [0.29, 0.717) is 30.8 Å². The maximum absolute atomic E-state index is 12.3. The smallest absolute Gasteiger partial charge is 0.325 e. The van der Waals surface area contributed by atoms with E-state index in [0.717, 1.165) is 37.6 Å². The highest BCUT2D eigenvalue weighted by molar-refractivity contribution is 5.92. The molecule has 8 nitrogen and oxygen atoms in total. The second kappa shape index (κ2) is 11.6. The number of nitrogens with zero attached hydrogens (tertiary/aromatic N) is 4. The van der Waals surface area contributed by atoms with Crippen LogP contribution in [0.3, 0.4) is 0 Å². The zero-order chi connectivity index (χ0) is 26.6. The molecule has 2 aromatic rings. The number of aromatic nitrogens is 2. The Balaban J connectivity index is 1.19. The summed E-state index contributed by atoms with van der Waals surface area (Å²) in [4.78, 5) is 20.8. The van der Waals surface area contributed by atoms with Crippen LogP contribution in [0.15, 0.2) is 60.3 Å². The third-order valence-corrected chi connectivity index (χ3v) is 7.97. The van der Waals surface area contributed by atoms with Gasteiger partial charge in [-0.25, -0.2) is 9.78 Å². The number of aliphatic hydroxyl groups is 1. The molecule has 1 aromatic heterocycles. The van der Waals surface area contributed by atoms with E-state index in [1.165, 1.54) is 36.0 Å². The topological polar surface area (TPSA) is 82.9 Å². The van der Waals surface area contributed by atoms with Crippen molar-refractivity contribution in [3.05, 3.63) is 71.7 Å². The van der Waals surface area contributed by atoms with Crippen molar-refractivity contribution in [2.24, 2.45) is 13.0 Å². The molecule has 0 radical (unpaired) electrons. The van der Waals surface area contributed by atoms with Crippen molar-refractivity contribution >= 4 is 17.9 Å². The summed E-state index contributed by atoms with van der Waals surface area (Å²) in [6, 6.07) is 8.26. The van der Waals surface area contributed by atoms with Gasteiger partial charge in [-0.15, -0.1) is 0 Å². The highest BCUT2D eigenvalue weighted by atomic mass is 16.5. The first kappa shape index (κ1) is 26.3. The van der Waals surface area contributed by atoms with Crippen LogP contribution in [-0.2, 0) is 13.6 Å². The molecular formula is C30H39N5O3. The number of benzene rings is 1. The first-order chi connectivity index (χ1) is 18.4. The average molecular weight is 518 g/mol. The van der Waals surface area contributed by atoms with E-state index in [1.54, 1.807) is 11.1 Å². The largest absolute Gasteiger partial charge is 0.490 e. The van der Waals surface area contributed by atoms with Crippen LogP contribution in [0.5, 0.6) is 5.75 Å². The van der Waals surface area contributed by atoms with E-state index in [2.05, 4.69) is 59.0 Å². The quantitative estimate of drug-likeness (QED) is 0.534. The van der Waals surface area contributed by atoms with Gasteiger partial charge < -0.3 is 19.7 Å². The van der Waals surface area contributed by atoms with E-state index >= 15 is 0 Å². The summed E-state index contributed by atoms with van der Waals surface area (Å²) in [5, 5.41) is 12.2. The van der Waals surface area contributed by atoms with E-state index < -0.39 is 6.23 Å². The second-order valence-electron chi connectivity index (χ2n) is 10.7. The van der Waals surface area contributed by atoms with Crippen LogP contribution in [-0.4, -0.2) is 57.6 Å². The Morgan fingerprint density at radius 3 is 2.63 bits per heavy atom. The predicted molar refractivity (Wildman–Crippen MR) is 150 cm³/mol. The summed E-state index contributed by atoms with van der Waals surface area (Å²) in [7, 11) is 1.90. The lowest BCUT2D eigenvalue weighted by Gasteiger charge is -2.30. The number of nitrogens with one attached hydrogen (secondary N) is 1. The SMILES string of the molecule is C=CC1=C(/C=C/c2ncc(N3CCC(O)NC3=O)n2C)CN(Cc2ccc(OC3CCCC[C@H]3C)cc2)C1.